The van der Waals surface area contributed by atoms with Gasteiger partial charge in [0.25, 0.3) is 0 Å². The van der Waals surface area contributed by atoms with Crippen LogP contribution in [-0.4, -0.2) is 24.1 Å². The SMILES string of the molecule is O=C(CCl)O[C@@]12CCCC[C@]1(CCCOCc1ccccc1)C2. The molecule has 0 aromatic heterocycles. The number of halogens is 1. The summed E-state index contributed by atoms with van der Waals surface area (Å²) in [5.41, 5.74) is 1.19. The predicted molar refractivity (Wildman–Crippen MR) is 90.4 cm³/mol. The molecule has 3 rings (SSSR count). The van der Waals surface area contributed by atoms with Gasteiger partial charge in [0.2, 0.25) is 0 Å². The van der Waals surface area contributed by atoms with Crippen molar-refractivity contribution in [2.45, 2.75) is 57.2 Å². The molecule has 0 amide bonds. The molecule has 0 bridgehead atoms. The lowest BCUT2D eigenvalue weighted by molar-refractivity contribution is -0.152. The minimum absolute atomic E-state index is 0.0436. The van der Waals surface area contributed by atoms with Crippen molar-refractivity contribution in [3.05, 3.63) is 35.9 Å². The van der Waals surface area contributed by atoms with Crippen LogP contribution in [0.3, 0.4) is 0 Å². The molecule has 0 N–H and O–H groups in total. The number of ether oxygens (including phenoxy) is 2. The number of rotatable bonds is 8. The third-order valence-corrected chi connectivity index (χ3v) is 5.64. The number of carbonyl (C=O) groups is 1. The predicted octanol–water partition coefficient (Wildman–Crippen LogP) is 4.47. The molecule has 2 saturated carbocycles. The van der Waals surface area contributed by atoms with Crippen molar-refractivity contribution >= 4 is 17.6 Å². The van der Waals surface area contributed by atoms with E-state index in [1.54, 1.807) is 0 Å². The third kappa shape index (κ3) is 3.72. The number of hydrogen-bond acceptors (Lipinski definition) is 3. The van der Waals surface area contributed by atoms with E-state index in [1.807, 2.05) is 18.2 Å². The summed E-state index contributed by atoms with van der Waals surface area (Å²) in [4.78, 5) is 11.6. The molecule has 0 spiro atoms. The number of esters is 1. The molecule has 2 aliphatic carbocycles. The summed E-state index contributed by atoms with van der Waals surface area (Å²) in [6, 6.07) is 10.2. The topological polar surface area (TPSA) is 35.5 Å². The van der Waals surface area contributed by atoms with E-state index in [1.165, 1.54) is 18.4 Å². The van der Waals surface area contributed by atoms with E-state index >= 15 is 0 Å². The van der Waals surface area contributed by atoms with Crippen molar-refractivity contribution in [3.8, 4) is 0 Å². The van der Waals surface area contributed by atoms with Gasteiger partial charge in [-0.25, -0.2) is 0 Å². The fraction of sp³-hybridized carbons (Fsp3) is 0.632. The molecule has 1 aromatic carbocycles. The molecule has 23 heavy (non-hydrogen) atoms. The molecule has 2 atom stereocenters. The first-order valence-electron chi connectivity index (χ1n) is 8.59. The molecule has 1 aromatic rings. The highest BCUT2D eigenvalue weighted by Crippen LogP contribution is 2.69. The van der Waals surface area contributed by atoms with Crippen molar-refractivity contribution < 1.29 is 14.3 Å². The van der Waals surface area contributed by atoms with E-state index in [-0.39, 0.29) is 22.9 Å². The molecule has 2 fully saturated rings. The number of carbonyl (C=O) groups excluding carboxylic acids is 1. The van der Waals surface area contributed by atoms with E-state index < -0.39 is 0 Å². The summed E-state index contributed by atoms with van der Waals surface area (Å²) in [7, 11) is 0. The molecular formula is C19H25ClO3. The summed E-state index contributed by atoms with van der Waals surface area (Å²) in [6.45, 7) is 1.43. The van der Waals surface area contributed by atoms with Crippen LogP contribution < -0.4 is 0 Å². The van der Waals surface area contributed by atoms with Gasteiger partial charge in [0.05, 0.1) is 6.61 Å². The Morgan fingerprint density at radius 3 is 2.74 bits per heavy atom. The van der Waals surface area contributed by atoms with Crippen LogP contribution in [0.1, 0.15) is 50.5 Å². The Bertz CT molecular complexity index is 533. The lowest BCUT2D eigenvalue weighted by Crippen LogP contribution is -2.31. The standard InChI is InChI=1S/C19H25ClO3/c20-13-17(21)23-19-11-5-4-9-18(19,15-19)10-6-12-22-14-16-7-2-1-3-8-16/h1-3,7-8H,4-6,9-15H2/t18-,19+/m0/s1. The maximum Gasteiger partial charge on any atom is 0.321 e. The van der Waals surface area contributed by atoms with Gasteiger partial charge in [-0.15, -0.1) is 11.6 Å². The van der Waals surface area contributed by atoms with Crippen LogP contribution in [0, 0.1) is 5.41 Å². The van der Waals surface area contributed by atoms with Crippen LogP contribution in [-0.2, 0) is 20.9 Å². The Morgan fingerprint density at radius 1 is 1.17 bits per heavy atom. The van der Waals surface area contributed by atoms with Gasteiger partial charge in [0.1, 0.15) is 11.5 Å². The zero-order valence-corrected chi connectivity index (χ0v) is 14.3. The lowest BCUT2D eigenvalue weighted by Gasteiger charge is -2.30. The van der Waals surface area contributed by atoms with Crippen LogP contribution >= 0.6 is 11.6 Å². The first-order valence-corrected chi connectivity index (χ1v) is 9.13. The third-order valence-electron chi connectivity index (χ3n) is 5.43. The van der Waals surface area contributed by atoms with Gasteiger partial charge in [0.15, 0.2) is 0 Å². The van der Waals surface area contributed by atoms with Gasteiger partial charge in [-0.2, -0.15) is 0 Å². The van der Waals surface area contributed by atoms with Crippen molar-refractivity contribution in [1.29, 1.82) is 0 Å². The van der Waals surface area contributed by atoms with Gasteiger partial charge >= 0.3 is 5.97 Å². The highest BCUT2D eigenvalue weighted by Gasteiger charge is 2.69. The molecule has 4 heteroatoms. The number of benzene rings is 1. The second kappa shape index (κ2) is 7.23. The highest BCUT2D eigenvalue weighted by atomic mass is 35.5. The van der Waals surface area contributed by atoms with E-state index in [0.717, 1.165) is 38.7 Å². The van der Waals surface area contributed by atoms with Crippen LogP contribution in [0.25, 0.3) is 0 Å². The van der Waals surface area contributed by atoms with Crippen molar-refractivity contribution in [3.63, 3.8) is 0 Å². The Hall–Kier alpha value is -1.06. The van der Waals surface area contributed by atoms with Crippen molar-refractivity contribution in [2.24, 2.45) is 5.41 Å². The largest absolute Gasteiger partial charge is 0.458 e. The van der Waals surface area contributed by atoms with E-state index in [2.05, 4.69) is 12.1 Å². The van der Waals surface area contributed by atoms with E-state index in [9.17, 15) is 4.79 Å². The Labute approximate surface area is 143 Å². The molecule has 0 saturated heterocycles. The summed E-state index contributed by atoms with van der Waals surface area (Å²) in [5, 5.41) is 0. The summed E-state index contributed by atoms with van der Waals surface area (Å²) >= 11 is 5.61. The van der Waals surface area contributed by atoms with Crippen LogP contribution in [0.5, 0.6) is 0 Å². The molecule has 0 unspecified atom stereocenters. The average molecular weight is 337 g/mol. The van der Waals surface area contributed by atoms with Crippen molar-refractivity contribution in [1.82, 2.24) is 0 Å². The van der Waals surface area contributed by atoms with Crippen molar-refractivity contribution in [2.75, 3.05) is 12.5 Å². The monoisotopic (exact) mass is 336 g/mol. The first-order chi connectivity index (χ1) is 11.2. The van der Waals surface area contributed by atoms with E-state index in [0.29, 0.717) is 6.61 Å². The quantitative estimate of drug-likeness (QED) is 0.399. The first kappa shape index (κ1) is 16.8. The highest BCUT2D eigenvalue weighted by molar-refractivity contribution is 6.26. The minimum Gasteiger partial charge on any atom is -0.458 e. The summed E-state index contributed by atoms with van der Waals surface area (Å²) < 4.78 is 11.5. The van der Waals surface area contributed by atoms with Gasteiger partial charge < -0.3 is 9.47 Å². The number of alkyl halides is 1. The zero-order valence-electron chi connectivity index (χ0n) is 13.6. The molecule has 0 radical (unpaired) electrons. The summed E-state index contributed by atoms with van der Waals surface area (Å²) in [6.07, 6.45) is 7.68. The molecule has 2 aliphatic rings. The number of fused-ring (bicyclic) bond motifs is 1. The molecule has 0 heterocycles. The number of hydrogen-bond donors (Lipinski definition) is 0. The molecule has 3 nitrogen and oxygen atoms in total. The fourth-order valence-electron chi connectivity index (χ4n) is 4.20. The Balaban J connectivity index is 1.43. The lowest BCUT2D eigenvalue weighted by atomic mass is 9.83. The van der Waals surface area contributed by atoms with Crippen LogP contribution in [0.2, 0.25) is 0 Å². The maximum atomic E-state index is 11.6. The van der Waals surface area contributed by atoms with Crippen LogP contribution in [0.15, 0.2) is 30.3 Å². The smallest absolute Gasteiger partial charge is 0.321 e. The minimum atomic E-state index is -0.268. The average Bonchev–Trinajstić information content (AvgIpc) is 3.23. The zero-order chi connectivity index (χ0) is 16.2. The molecular weight excluding hydrogens is 312 g/mol. The molecule has 126 valence electrons. The fourth-order valence-corrected chi connectivity index (χ4v) is 4.26. The van der Waals surface area contributed by atoms with Gasteiger partial charge in [-0.3, -0.25) is 4.79 Å². The van der Waals surface area contributed by atoms with Crippen LogP contribution in [0.4, 0.5) is 0 Å². The normalized spacial score (nSPS) is 28.9. The summed E-state index contributed by atoms with van der Waals surface area (Å²) in [5.74, 6) is -0.311. The van der Waals surface area contributed by atoms with E-state index in [4.69, 9.17) is 21.1 Å². The van der Waals surface area contributed by atoms with Gasteiger partial charge in [-0.1, -0.05) is 36.8 Å². The van der Waals surface area contributed by atoms with Gasteiger partial charge in [0, 0.05) is 12.0 Å². The van der Waals surface area contributed by atoms with Gasteiger partial charge in [-0.05, 0) is 44.1 Å². The Morgan fingerprint density at radius 2 is 1.96 bits per heavy atom. The second-order valence-electron chi connectivity index (χ2n) is 6.91. The molecule has 0 aliphatic heterocycles. The Kier molecular flexibility index (Phi) is 5.27. The maximum absolute atomic E-state index is 11.6. The second-order valence-corrected chi connectivity index (χ2v) is 7.18.